The van der Waals surface area contributed by atoms with Crippen molar-refractivity contribution in [3.63, 3.8) is 0 Å². The molecule has 1 saturated heterocycles. The maximum atomic E-state index is 13.0. The molecule has 0 N–H and O–H groups in total. The highest BCUT2D eigenvalue weighted by Crippen LogP contribution is 2.30. The molecule has 5 nitrogen and oxygen atoms in total. The number of amides is 1. The van der Waals surface area contributed by atoms with Crippen LogP contribution in [-0.2, 0) is 9.53 Å². The van der Waals surface area contributed by atoms with Crippen molar-refractivity contribution in [2.75, 3.05) is 24.7 Å². The molecule has 27 heavy (non-hydrogen) atoms. The van der Waals surface area contributed by atoms with Crippen molar-refractivity contribution < 1.29 is 14.3 Å². The standard InChI is InChI=1S/C21H22N2O3S/c1-15-8-10-16(11-9-15)26-14-20(24)23(13-17-5-4-12-25-17)21-22-18-6-2-3-7-19(18)27-21/h2-3,6-11,17H,4-5,12-14H2,1H3. The highest BCUT2D eigenvalue weighted by molar-refractivity contribution is 7.22. The van der Waals surface area contributed by atoms with Gasteiger partial charge in [-0.05, 0) is 44.0 Å². The van der Waals surface area contributed by atoms with Gasteiger partial charge in [-0.1, -0.05) is 41.2 Å². The molecule has 1 aromatic heterocycles. The Bertz CT molecular complexity index is 884. The van der Waals surface area contributed by atoms with Crippen molar-refractivity contribution in [3.8, 4) is 5.75 Å². The highest BCUT2D eigenvalue weighted by Gasteiger charge is 2.26. The predicted octanol–water partition coefficient (Wildman–Crippen LogP) is 4.20. The van der Waals surface area contributed by atoms with E-state index in [9.17, 15) is 4.79 Å². The van der Waals surface area contributed by atoms with E-state index in [0.29, 0.717) is 17.4 Å². The van der Waals surface area contributed by atoms with Crippen LogP contribution < -0.4 is 9.64 Å². The van der Waals surface area contributed by atoms with E-state index in [1.165, 1.54) is 11.3 Å². The van der Waals surface area contributed by atoms with Crippen LogP contribution >= 0.6 is 11.3 Å². The van der Waals surface area contributed by atoms with Crippen molar-refractivity contribution in [1.29, 1.82) is 0 Å². The van der Waals surface area contributed by atoms with Crippen LogP contribution in [0.3, 0.4) is 0 Å². The third-order valence-corrected chi connectivity index (χ3v) is 5.67. The van der Waals surface area contributed by atoms with Crippen LogP contribution in [0.5, 0.6) is 5.75 Å². The summed E-state index contributed by atoms with van der Waals surface area (Å²) < 4.78 is 12.5. The van der Waals surface area contributed by atoms with Gasteiger partial charge < -0.3 is 9.47 Å². The number of hydrogen-bond acceptors (Lipinski definition) is 5. The normalized spacial score (nSPS) is 16.6. The second-order valence-electron chi connectivity index (χ2n) is 6.71. The number of ether oxygens (including phenoxy) is 2. The molecule has 2 aromatic carbocycles. The van der Waals surface area contributed by atoms with E-state index in [-0.39, 0.29) is 18.6 Å². The minimum atomic E-state index is -0.106. The van der Waals surface area contributed by atoms with Crippen LogP contribution in [0.25, 0.3) is 10.2 Å². The minimum absolute atomic E-state index is 0.0221. The van der Waals surface area contributed by atoms with Gasteiger partial charge in [-0.15, -0.1) is 0 Å². The van der Waals surface area contributed by atoms with Crippen molar-refractivity contribution in [1.82, 2.24) is 4.98 Å². The zero-order chi connectivity index (χ0) is 18.6. The number of para-hydroxylation sites is 1. The molecule has 1 aliphatic heterocycles. The molecule has 6 heteroatoms. The van der Waals surface area contributed by atoms with Gasteiger partial charge in [0.25, 0.3) is 5.91 Å². The molecule has 1 amide bonds. The van der Waals surface area contributed by atoms with Gasteiger partial charge in [-0.25, -0.2) is 4.98 Å². The Balaban J connectivity index is 1.52. The zero-order valence-corrected chi connectivity index (χ0v) is 16.1. The first kappa shape index (κ1) is 17.9. The maximum absolute atomic E-state index is 13.0. The molecule has 0 radical (unpaired) electrons. The van der Waals surface area contributed by atoms with E-state index in [1.54, 1.807) is 4.90 Å². The maximum Gasteiger partial charge on any atom is 0.266 e. The van der Waals surface area contributed by atoms with Gasteiger partial charge >= 0.3 is 0 Å². The van der Waals surface area contributed by atoms with Crippen molar-refractivity contribution in [2.45, 2.75) is 25.9 Å². The van der Waals surface area contributed by atoms with Crippen molar-refractivity contribution in [3.05, 3.63) is 54.1 Å². The third kappa shape index (κ3) is 4.28. The number of carbonyl (C=O) groups excluding carboxylic acids is 1. The first-order valence-electron chi connectivity index (χ1n) is 9.16. The van der Waals surface area contributed by atoms with Gasteiger partial charge in [0.05, 0.1) is 22.9 Å². The highest BCUT2D eigenvalue weighted by atomic mass is 32.1. The van der Waals surface area contributed by atoms with Gasteiger partial charge in [0.2, 0.25) is 0 Å². The number of hydrogen-bond donors (Lipinski definition) is 0. The van der Waals surface area contributed by atoms with Gasteiger partial charge in [0.15, 0.2) is 11.7 Å². The van der Waals surface area contributed by atoms with Gasteiger partial charge in [-0.3, -0.25) is 9.69 Å². The quantitative estimate of drug-likeness (QED) is 0.641. The van der Waals surface area contributed by atoms with Crippen LogP contribution in [0, 0.1) is 6.92 Å². The molecule has 0 bridgehead atoms. The summed E-state index contributed by atoms with van der Waals surface area (Å²) in [5, 5.41) is 0.698. The fraction of sp³-hybridized carbons (Fsp3) is 0.333. The number of nitrogens with zero attached hydrogens (tertiary/aromatic N) is 2. The number of rotatable bonds is 6. The third-order valence-electron chi connectivity index (χ3n) is 4.61. The Morgan fingerprint density at radius 2 is 2.07 bits per heavy atom. The monoisotopic (exact) mass is 382 g/mol. The Morgan fingerprint density at radius 1 is 1.26 bits per heavy atom. The van der Waals surface area contributed by atoms with Crippen LogP contribution in [-0.4, -0.2) is 36.8 Å². The molecule has 0 aliphatic carbocycles. The second kappa shape index (κ2) is 8.06. The predicted molar refractivity (Wildman–Crippen MR) is 108 cm³/mol. The first-order chi connectivity index (χ1) is 13.2. The lowest BCUT2D eigenvalue weighted by molar-refractivity contribution is -0.120. The molecule has 140 valence electrons. The number of benzene rings is 2. The SMILES string of the molecule is Cc1ccc(OCC(=O)N(CC2CCCO2)c2nc3ccccc3s2)cc1. The number of aromatic nitrogens is 1. The van der Waals surface area contributed by atoms with E-state index in [4.69, 9.17) is 9.47 Å². The molecule has 1 fully saturated rings. The molecule has 2 heterocycles. The number of carbonyl (C=O) groups is 1. The molecular weight excluding hydrogens is 360 g/mol. The topological polar surface area (TPSA) is 51.7 Å². The summed E-state index contributed by atoms with van der Waals surface area (Å²) in [7, 11) is 0. The summed E-state index contributed by atoms with van der Waals surface area (Å²) in [5.41, 5.74) is 2.06. The average molecular weight is 382 g/mol. The lowest BCUT2D eigenvalue weighted by Crippen LogP contribution is -2.40. The van der Waals surface area contributed by atoms with Crippen LogP contribution in [0.1, 0.15) is 18.4 Å². The summed E-state index contributed by atoms with van der Waals surface area (Å²) in [6.07, 6.45) is 2.06. The lowest BCUT2D eigenvalue weighted by Gasteiger charge is -2.23. The van der Waals surface area contributed by atoms with Gasteiger partial charge in [0.1, 0.15) is 5.75 Å². The molecule has 4 rings (SSSR count). The van der Waals surface area contributed by atoms with E-state index in [1.807, 2.05) is 55.5 Å². The Morgan fingerprint density at radius 3 is 2.81 bits per heavy atom. The molecule has 3 aromatic rings. The Labute approximate surface area is 162 Å². The fourth-order valence-electron chi connectivity index (χ4n) is 3.11. The average Bonchev–Trinajstić information content (AvgIpc) is 3.34. The second-order valence-corrected chi connectivity index (χ2v) is 7.71. The molecular formula is C21H22N2O3S. The molecule has 0 spiro atoms. The molecule has 0 saturated carbocycles. The summed E-state index contributed by atoms with van der Waals surface area (Å²) in [5.74, 6) is 0.584. The number of thiazole rings is 1. The number of aryl methyl sites for hydroxylation is 1. The number of fused-ring (bicyclic) bond motifs is 1. The van der Waals surface area contributed by atoms with Crippen molar-refractivity contribution in [2.24, 2.45) is 0 Å². The summed E-state index contributed by atoms with van der Waals surface area (Å²) in [6.45, 7) is 3.26. The zero-order valence-electron chi connectivity index (χ0n) is 15.3. The van der Waals surface area contributed by atoms with Gasteiger partial charge in [-0.2, -0.15) is 0 Å². The van der Waals surface area contributed by atoms with E-state index in [2.05, 4.69) is 4.98 Å². The summed E-state index contributed by atoms with van der Waals surface area (Å²) >= 11 is 1.52. The number of anilines is 1. The lowest BCUT2D eigenvalue weighted by atomic mass is 10.2. The Kier molecular flexibility index (Phi) is 5.36. The Hall–Kier alpha value is -2.44. The van der Waals surface area contributed by atoms with E-state index < -0.39 is 0 Å². The van der Waals surface area contributed by atoms with Gasteiger partial charge in [0, 0.05) is 6.61 Å². The summed E-state index contributed by atoms with van der Waals surface area (Å²) in [4.78, 5) is 19.3. The minimum Gasteiger partial charge on any atom is -0.484 e. The molecule has 1 atom stereocenters. The molecule has 1 aliphatic rings. The van der Waals surface area contributed by atoms with E-state index >= 15 is 0 Å². The summed E-state index contributed by atoms with van der Waals surface area (Å²) in [6, 6.07) is 15.6. The van der Waals surface area contributed by atoms with Crippen LogP contribution in [0.2, 0.25) is 0 Å². The van der Waals surface area contributed by atoms with Crippen molar-refractivity contribution >= 4 is 32.6 Å². The van der Waals surface area contributed by atoms with E-state index in [0.717, 1.165) is 35.2 Å². The smallest absolute Gasteiger partial charge is 0.266 e. The largest absolute Gasteiger partial charge is 0.484 e. The fourth-order valence-corrected chi connectivity index (χ4v) is 4.10. The van der Waals surface area contributed by atoms with Crippen LogP contribution in [0.15, 0.2) is 48.5 Å². The first-order valence-corrected chi connectivity index (χ1v) is 9.98. The molecule has 1 unspecified atom stereocenters. The van der Waals surface area contributed by atoms with Crippen LogP contribution in [0.4, 0.5) is 5.13 Å².